The van der Waals surface area contributed by atoms with E-state index in [9.17, 15) is 9.59 Å². The molecular weight excluding hydrogens is 452 g/mol. The first-order valence-electron chi connectivity index (χ1n) is 11.9. The van der Waals surface area contributed by atoms with Crippen molar-refractivity contribution in [2.24, 2.45) is 0 Å². The van der Waals surface area contributed by atoms with Gasteiger partial charge in [-0.05, 0) is 82.6 Å². The fourth-order valence-electron chi connectivity index (χ4n) is 5.13. The van der Waals surface area contributed by atoms with Crippen molar-refractivity contribution < 1.29 is 18.7 Å². The Morgan fingerprint density at radius 1 is 1.15 bits per heavy atom. The summed E-state index contributed by atoms with van der Waals surface area (Å²) in [5.74, 6) is 0.468. The van der Waals surface area contributed by atoms with Gasteiger partial charge in [-0.1, -0.05) is 23.7 Å². The lowest BCUT2D eigenvalue weighted by atomic mass is 9.84. The molecule has 2 aliphatic rings. The number of hydrogen-bond acceptors (Lipinski definition) is 5. The number of Topliss-reactive ketones (excluding diaryl/α,β-unsaturated/α-hetero) is 1. The third-order valence-electron chi connectivity index (χ3n) is 6.96. The first-order chi connectivity index (χ1) is 16.4. The predicted octanol–water partition coefficient (Wildman–Crippen LogP) is 5.49. The van der Waals surface area contributed by atoms with Crippen LogP contribution < -0.4 is 10.1 Å². The van der Waals surface area contributed by atoms with Crippen molar-refractivity contribution in [2.75, 3.05) is 26.2 Å². The second-order valence-corrected chi connectivity index (χ2v) is 9.90. The van der Waals surface area contributed by atoms with Gasteiger partial charge in [0.25, 0.3) is 5.91 Å². The van der Waals surface area contributed by atoms with E-state index in [1.165, 1.54) is 12.8 Å². The summed E-state index contributed by atoms with van der Waals surface area (Å²) >= 11 is 6.03. The van der Waals surface area contributed by atoms with Crippen LogP contribution in [-0.2, 0) is 5.60 Å². The number of halogens is 1. The Balaban J connectivity index is 1.37. The minimum atomic E-state index is -0.796. The smallest absolute Gasteiger partial charge is 0.287 e. The van der Waals surface area contributed by atoms with E-state index in [1.807, 2.05) is 26.0 Å². The van der Waals surface area contributed by atoms with Gasteiger partial charge in [-0.3, -0.25) is 9.59 Å². The van der Waals surface area contributed by atoms with Crippen molar-refractivity contribution in [1.29, 1.82) is 0 Å². The summed E-state index contributed by atoms with van der Waals surface area (Å²) in [6, 6.07) is 10.9. The average Bonchev–Trinajstić information content (AvgIpc) is 3.45. The van der Waals surface area contributed by atoms with Crippen LogP contribution in [0.25, 0.3) is 11.0 Å². The number of nitrogens with zero attached hydrogens (tertiary/aromatic N) is 1. The minimum absolute atomic E-state index is 0.0363. The molecule has 0 radical (unpaired) electrons. The summed E-state index contributed by atoms with van der Waals surface area (Å²) in [5, 5.41) is 4.26. The molecule has 5 rings (SSSR count). The van der Waals surface area contributed by atoms with Gasteiger partial charge in [0.1, 0.15) is 16.9 Å². The quantitative estimate of drug-likeness (QED) is 0.472. The largest absolute Gasteiger partial charge is 0.482 e. The van der Waals surface area contributed by atoms with Crippen LogP contribution >= 0.6 is 11.6 Å². The maximum absolute atomic E-state index is 13.4. The lowest BCUT2D eigenvalue weighted by molar-refractivity contribution is 0.0507. The number of likely N-dealkylation sites (tertiary alicyclic amines) is 1. The Morgan fingerprint density at radius 2 is 1.88 bits per heavy atom. The molecule has 0 bridgehead atoms. The molecule has 2 aliphatic heterocycles. The number of nitrogens with one attached hydrogen (secondary N) is 1. The van der Waals surface area contributed by atoms with Crippen LogP contribution in [0.1, 0.15) is 64.6 Å². The maximum atomic E-state index is 13.4. The van der Waals surface area contributed by atoms with Crippen LogP contribution in [0.2, 0.25) is 5.02 Å². The van der Waals surface area contributed by atoms with Crippen LogP contribution in [0, 0.1) is 6.92 Å². The van der Waals surface area contributed by atoms with Gasteiger partial charge in [0.15, 0.2) is 11.5 Å². The first kappa shape index (κ1) is 22.9. The topological polar surface area (TPSA) is 71.8 Å². The van der Waals surface area contributed by atoms with E-state index >= 15 is 0 Å². The molecule has 1 N–H and O–H groups in total. The number of ether oxygens (including phenoxy) is 1. The van der Waals surface area contributed by atoms with Gasteiger partial charge < -0.3 is 19.4 Å². The SMILES string of the molecule is Cc1c(C(=O)NCCCN2CCCC2)oc2ccc3c(c12)C(=O)C[C@](C)(c1ccc(Cl)cc1)O3. The molecule has 1 aromatic heterocycles. The van der Waals surface area contributed by atoms with Crippen LogP contribution in [0.4, 0.5) is 0 Å². The van der Waals surface area contributed by atoms with Crippen molar-refractivity contribution in [3.05, 3.63) is 63.9 Å². The molecule has 6 nitrogen and oxygen atoms in total. The van der Waals surface area contributed by atoms with Crippen molar-refractivity contribution in [1.82, 2.24) is 10.2 Å². The highest BCUT2D eigenvalue weighted by Gasteiger charge is 2.40. The van der Waals surface area contributed by atoms with E-state index in [1.54, 1.807) is 24.3 Å². The van der Waals surface area contributed by atoms with Gasteiger partial charge in [-0.25, -0.2) is 0 Å². The van der Waals surface area contributed by atoms with E-state index in [2.05, 4.69) is 10.2 Å². The van der Waals surface area contributed by atoms with Gasteiger partial charge in [0.2, 0.25) is 0 Å². The molecule has 1 atom stereocenters. The number of aryl methyl sites for hydroxylation is 1. The third kappa shape index (κ3) is 4.21. The summed E-state index contributed by atoms with van der Waals surface area (Å²) < 4.78 is 12.3. The van der Waals surface area contributed by atoms with Crippen LogP contribution in [0.15, 0.2) is 40.8 Å². The van der Waals surface area contributed by atoms with Crippen molar-refractivity contribution in [3.63, 3.8) is 0 Å². The molecule has 3 heterocycles. The number of rotatable bonds is 6. The summed E-state index contributed by atoms with van der Waals surface area (Å²) in [4.78, 5) is 28.6. The van der Waals surface area contributed by atoms with E-state index in [0.717, 1.165) is 31.6 Å². The van der Waals surface area contributed by atoms with E-state index in [-0.39, 0.29) is 23.9 Å². The summed E-state index contributed by atoms with van der Waals surface area (Å²) in [6.07, 6.45) is 3.60. The number of furan rings is 1. The van der Waals surface area contributed by atoms with Crippen molar-refractivity contribution >= 4 is 34.3 Å². The molecule has 34 heavy (non-hydrogen) atoms. The molecule has 178 valence electrons. The molecule has 0 unspecified atom stereocenters. The van der Waals surface area contributed by atoms with E-state index in [0.29, 0.717) is 39.4 Å². The standard InChI is InChI=1S/C27H29ClN2O4/c1-17-23-21(33-25(17)26(32)29-12-5-15-30-13-3-4-14-30)10-11-22-24(23)20(31)16-27(2,34-22)18-6-8-19(28)9-7-18/h6-11H,3-5,12-16H2,1-2H3,(H,29,32)/t27-/m1/s1. The van der Waals surface area contributed by atoms with Crippen molar-refractivity contribution in [2.45, 2.75) is 45.1 Å². The molecule has 7 heteroatoms. The number of carbonyl (C=O) groups excluding carboxylic acids is 2. The number of benzene rings is 2. The second kappa shape index (κ2) is 9.08. The molecular formula is C27H29ClN2O4. The monoisotopic (exact) mass is 480 g/mol. The predicted molar refractivity (Wildman–Crippen MR) is 132 cm³/mol. The third-order valence-corrected chi connectivity index (χ3v) is 7.22. The van der Waals surface area contributed by atoms with E-state index in [4.69, 9.17) is 20.8 Å². The maximum Gasteiger partial charge on any atom is 0.287 e. The van der Waals surface area contributed by atoms with Gasteiger partial charge in [0.05, 0.1) is 12.0 Å². The van der Waals surface area contributed by atoms with Crippen molar-refractivity contribution in [3.8, 4) is 5.75 Å². The lowest BCUT2D eigenvalue weighted by Crippen LogP contribution is -2.36. The second-order valence-electron chi connectivity index (χ2n) is 9.47. The minimum Gasteiger partial charge on any atom is -0.482 e. The zero-order chi connectivity index (χ0) is 23.9. The van der Waals surface area contributed by atoms with Gasteiger partial charge in [-0.15, -0.1) is 0 Å². The fraction of sp³-hybridized carbons (Fsp3) is 0.407. The Morgan fingerprint density at radius 3 is 2.62 bits per heavy atom. The molecule has 1 saturated heterocycles. The number of hydrogen-bond donors (Lipinski definition) is 1. The average molecular weight is 481 g/mol. The zero-order valence-corrected chi connectivity index (χ0v) is 20.3. The van der Waals surface area contributed by atoms with Gasteiger partial charge in [0, 0.05) is 22.5 Å². The summed E-state index contributed by atoms with van der Waals surface area (Å²) in [6.45, 7) is 7.61. The molecule has 0 spiro atoms. The highest BCUT2D eigenvalue weighted by Crippen LogP contribution is 2.44. The number of ketones is 1. The Hall–Kier alpha value is -2.83. The Kier molecular flexibility index (Phi) is 6.13. The van der Waals surface area contributed by atoms with Gasteiger partial charge in [-0.2, -0.15) is 0 Å². The number of amides is 1. The molecule has 2 aromatic carbocycles. The molecule has 3 aromatic rings. The first-order valence-corrected chi connectivity index (χ1v) is 12.3. The normalized spacial score (nSPS) is 20.4. The highest BCUT2D eigenvalue weighted by atomic mass is 35.5. The Labute approximate surface area is 204 Å². The van der Waals surface area contributed by atoms with Crippen LogP contribution in [0.5, 0.6) is 5.75 Å². The number of fused-ring (bicyclic) bond motifs is 3. The molecule has 0 saturated carbocycles. The van der Waals surface area contributed by atoms with Crippen LogP contribution in [-0.4, -0.2) is 42.8 Å². The lowest BCUT2D eigenvalue weighted by Gasteiger charge is -2.35. The van der Waals surface area contributed by atoms with Gasteiger partial charge >= 0.3 is 0 Å². The molecule has 0 aliphatic carbocycles. The highest BCUT2D eigenvalue weighted by molar-refractivity contribution is 6.30. The fourth-order valence-corrected chi connectivity index (χ4v) is 5.25. The zero-order valence-electron chi connectivity index (χ0n) is 19.6. The summed E-state index contributed by atoms with van der Waals surface area (Å²) in [5.41, 5.74) is 1.75. The summed E-state index contributed by atoms with van der Waals surface area (Å²) in [7, 11) is 0. The van der Waals surface area contributed by atoms with E-state index < -0.39 is 5.60 Å². The molecule has 1 amide bonds. The molecule has 1 fully saturated rings. The Bertz CT molecular complexity index is 1240. The number of carbonyl (C=O) groups is 2. The van der Waals surface area contributed by atoms with Crippen LogP contribution in [0.3, 0.4) is 0 Å².